The second kappa shape index (κ2) is 9.68. The number of fused-ring (bicyclic) bond motifs is 3. The maximum Gasteiger partial charge on any atom is 0.339 e. The van der Waals surface area contributed by atoms with Crippen molar-refractivity contribution in [3.05, 3.63) is 56.4 Å². The number of thiophene rings is 1. The number of anilines is 1. The Morgan fingerprint density at radius 2 is 1.88 bits per heavy atom. The highest BCUT2D eigenvalue weighted by Gasteiger charge is 2.24. The van der Waals surface area contributed by atoms with E-state index in [1.807, 2.05) is 0 Å². The van der Waals surface area contributed by atoms with Crippen molar-refractivity contribution in [2.45, 2.75) is 51.6 Å². The molecular weight excluding hydrogens is 452 g/mol. The first-order valence-electron chi connectivity index (χ1n) is 11.8. The van der Waals surface area contributed by atoms with E-state index in [4.69, 9.17) is 9.72 Å². The number of carbonyl (C=O) groups excluding carboxylic acids is 2. The Morgan fingerprint density at radius 1 is 1.12 bits per heavy atom. The molecule has 1 aliphatic heterocycles. The zero-order valence-corrected chi connectivity index (χ0v) is 20.1. The second-order valence-corrected chi connectivity index (χ2v) is 9.96. The Bertz CT molecular complexity index is 1310. The van der Waals surface area contributed by atoms with E-state index >= 15 is 0 Å². The van der Waals surface area contributed by atoms with Gasteiger partial charge in [-0.15, -0.1) is 11.3 Å². The smallest absolute Gasteiger partial charge is 0.339 e. The number of amides is 1. The SMILES string of the molecule is COC(=O)c1ccccc1NC(=O)Cn1c(CN2CCCC2)nc2sc3c(c2c1=O)CCCC3. The topological polar surface area (TPSA) is 93.5 Å². The molecule has 1 N–H and O–H groups in total. The molecule has 1 amide bonds. The molecule has 1 fully saturated rings. The van der Waals surface area contributed by atoms with Crippen LogP contribution in [0.3, 0.4) is 0 Å². The van der Waals surface area contributed by atoms with E-state index in [1.54, 1.807) is 35.6 Å². The van der Waals surface area contributed by atoms with Crippen LogP contribution in [0.2, 0.25) is 0 Å². The van der Waals surface area contributed by atoms with Gasteiger partial charge in [-0.1, -0.05) is 12.1 Å². The van der Waals surface area contributed by atoms with Crippen molar-refractivity contribution < 1.29 is 14.3 Å². The number of aryl methyl sites for hydroxylation is 2. The second-order valence-electron chi connectivity index (χ2n) is 8.88. The molecule has 5 rings (SSSR count). The zero-order chi connectivity index (χ0) is 23.7. The minimum absolute atomic E-state index is 0.144. The van der Waals surface area contributed by atoms with Crippen LogP contribution in [-0.2, 0) is 35.5 Å². The molecular formula is C25H28N4O4S. The minimum Gasteiger partial charge on any atom is -0.465 e. The van der Waals surface area contributed by atoms with Gasteiger partial charge in [-0.3, -0.25) is 19.1 Å². The average Bonchev–Trinajstić information content (AvgIpc) is 3.49. The molecule has 3 heterocycles. The van der Waals surface area contributed by atoms with E-state index in [0.717, 1.165) is 62.0 Å². The third kappa shape index (κ3) is 4.37. The van der Waals surface area contributed by atoms with Crippen LogP contribution in [0.15, 0.2) is 29.1 Å². The van der Waals surface area contributed by atoms with E-state index in [9.17, 15) is 14.4 Å². The first-order chi connectivity index (χ1) is 16.5. The Balaban J connectivity index is 1.51. The van der Waals surface area contributed by atoms with E-state index in [0.29, 0.717) is 23.4 Å². The number of methoxy groups -OCH3 is 1. The van der Waals surface area contributed by atoms with Gasteiger partial charge in [0.2, 0.25) is 5.91 Å². The molecule has 0 saturated carbocycles. The van der Waals surface area contributed by atoms with Crippen molar-refractivity contribution in [1.82, 2.24) is 14.5 Å². The highest BCUT2D eigenvalue weighted by atomic mass is 32.1. The highest BCUT2D eigenvalue weighted by Crippen LogP contribution is 2.34. The molecule has 2 aromatic heterocycles. The van der Waals surface area contributed by atoms with Gasteiger partial charge < -0.3 is 10.1 Å². The molecule has 3 aromatic rings. The minimum atomic E-state index is -0.532. The zero-order valence-electron chi connectivity index (χ0n) is 19.3. The molecule has 178 valence electrons. The summed E-state index contributed by atoms with van der Waals surface area (Å²) in [5, 5.41) is 3.46. The Kier molecular flexibility index (Phi) is 6.47. The lowest BCUT2D eigenvalue weighted by molar-refractivity contribution is -0.116. The summed E-state index contributed by atoms with van der Waals surface area (Å²) in [4.78, 5) is 48.1. The maximum absolute atomic E-state index is 13.7. The number of benzene rings is 1. The number of aromatic nitrogens is 2. The predicted octanol–water partition coefficient (Wildman–Crippen LogP) is 3.36. The number of hydrogen-bond donors (Lipinski definition) is 1. The fourth-order valence-electron chi connectivity index (χ4n) is 4.92. The third-order valence-electron chi connectivity index (χ3n) is 6.63. The normalized spacial score (nSPS) is 15.9. The summed E-state index contributed by atoms with van der Waals surface area (Å²) in [6.45, 7) is 2.31. The third-order valence-corrected chi connectivity index (χ3v) is 7.81. The van der Waals surface area contributed by atoms with Crippen LogP contribution in [0.4, 0.5) is 5.69 Å². The lowest BCUT2D eigenvalue weighted by Crippen LogP contribution is -2.34. The number of nitrogens with one attached hydrogen (secondary N) is 1. The van der Waals surface area contributed by atoms with Crippen molar-refractivity contribution >= 4 is 39.1 Å². The number of carbonyl (C=O) groups is 2. The maximum atomic E-state index is 13.7. The van der Waals surface area contributed by atoms with Gasteiger partial charge in [0.1, 0.15) is 17.2 Å². The number of likely N-dealkylation sites (tertiary alicyclic amines) is 1. The summed E-state index contributed by atoms with van der Waals surface area (Å²) in [7, 11) is 1.30. The van der Waals surface area contributed by atoms with Gasteiger partial charge in [-0.2, -0.15) is 0 Å². The van der Waals surface area contributed by atoms with Gasteiger partial charge in [-0.25, -0.2) is 9.78 Å². The standard InChI is InChI=1S/C25H28N4O4S/c1-33-25(32)16-8-2-4-10-18(16)26-21(30)15-29-20(14-28-12-6-7-13-28)27-23-22(24(29)31)17-9-3-5-11-19(17)34-23/h2,4,8,10H,3,5-7,9,11-15H2,1H3,(H,26,30). The molecule has 34 heavy (non-hydrogen) atoms. The Hall–Kier alpha value is -3.04. The first-order valence-corrected chi connectivity index (χ1v) is 12.6. The number of rotatable bonds is 6. The molecule has 1 saturated heterocycles. The monoisotopic (exact) mass is 480 g/mol. The van der Waals surface area contributed by atoms with E-state index in [-0.39, 0.29) is 23.6 Å². The quantitative estimate of drug-likeness (QED) is 0.544. The van der Waals surface area contributed by atoms with Gasteiger partial charge in [0.25, 0.3) is 5.56 Å². The predicted molar refractivity (Wildman–Crippen MR) is 131 cm³/mol. The number of para-hydroxylation sites is 1. The van der Waals surface area contributed by atoms with E-state index in [2.05, 4.69) is 10.2 Å². The fourth-order valence-corrected chi connectivity index (χ4v) is 6.19. The molecule has 1 aromatic carbocycles. The van der Waals surface area contributed by atoms with E-state index in [1.165, 1.54) is 16.6 Å². The summed E-state index contributed by atoms with van der Waals surface area (Å²) < 4.78 is 6.35. The van der Waals surface area contributed by atoms with Crippen LogP contribution < -0.4 is 10.9 Å². The molecule has 0 unspecified atom stereocenters. The van der Waals surface area contributed by atoms with Gasteiger partial charge in [0, 0.05) is 4.88 Å². The first kappa shape index (κ1) is 22.7. The van der Waals surface area contributed by atoms with Crippen molar-refractivity contribution in [1.29, 1.82) is 0 Å². The molecule has 2 aliphatic rings. The lowest BCUT2D eigenvalue weighted by Gasteiger charge is -2.18. The average molecular weight is 481 g/mol. The number of ether oxygens (including phenoxy) is 1. The number of nitrogens with zero attached hydrogens (tertiary/aromatic N) is 3. The Labute approximate surface area is 201 Å². The van der Waals surface area contributed by atoms with Crippen LogP contribution in [0.5, 0.6) is 0 Å². The van der Waals surface area contributed by atoms with Crippen molar-refractivity contribution in [3.63, 3.8) is 0 Å². The van der Waals surface area contributed by atoms with Gasteiger partial charge in [0.05, 0.1) is 30.3 Å². The van der Waals surface area contributed by atoms with Crippen LogP contribution in [0.1, 0.15) is 52.3 Å². The number of esters is 1. The van der Waals surface area contributed by atoms with Crippen LogP contribution >= 0.6 is 11.3 Å². The Morgan fingerprint density at radius 3 is 2.68 bits per heavy atom. The summed E-state index contributed by atoms with van der Waals surface area (Å²) in [6, 6.07) is 6.68. The van der Waals surface area contributed by atoms with Gasteiger partial charge in [-0.05, 0) is 69.3 Å². The molecule has 0 bridgehead atoms. The van der Waals surface area contributed by atoms with Crippen molar-refractivity contribution in [2.24, 2.45) is 0 Å². The highest BCUT2D eigenvalue weighted by molar-refractivity contribution is 7.18. The number of hydrogen-bond acceptors (Lipinski definition) is 7. The van der Waals surface area contributed by atoms with Gasteiger partial charge >= 0.3 is 5.97 Å². The molecule has 8 nitrogen and oxygen atoms in total. The fraction of sp³-hybridized carbons (Fsp3) is 0.440. The summed E-state index contributed by atoms with van der Waals surface area (Å²) in [5.41, 5.74) is 1.59. The summed E-state index contributed by atoms with van der Waals surface area (Å²) in [6.07, 6.45) is 6.34. The van der Waals surface area contributed by atoms with E-state index < -0.39 is 5.97 Å². The van der Waals surface area contributed by atoms with Crippen LogP contribution in [-0.4, -0.2) is 46.5 Å². The van der Waals surface area contributed by atoms with Crippen LogP contribution in [0, 0.1) is 0 Å². The molecule has 0 atom stereocenters. The van der Waals surface area contributed by atoms with Crippen LogP contribution in [0.25, 0.3) is 10.2 Å². The molecule has 0 radical (unpaired) electrons. The van der Waals surface area contributed by atoms with Crippen molar-refractivity contribution in [2.75, 3.05) is 25.5 Å². The largest absolute Gasteiger partial charge is 0.465 e. The molecule has 9 heteroatoms. The molecule has 1 aliphatic carbocycles. The lowest BCUT2D eigenvalue weighted by atomic mass is 9.97. The summed E-state index contributed by atoms with van der Waals surface area (Å²) >= 11 is 1.63. The summed E-state index contributed by atoms with van der Waals surface area (Å²) in [5.74, 6) is -0.295. The van der Waals surface area contributed by atoms with Gasteiger partial charge in [0.15, 0.2) is 0 Å². The van der Waals surface area contributed by atoms with Crippen molar-refractivity contribution in [3.8, 4) is 0 Å². The molecule has 0 spiro atoms.